The summed E-state index contributed by atoms with van der Waals surface area (Å²) < 4.78 is 1.67. The average Bonchev–Trinajstić information content (AvgIpc) is 3.54. The molecule has 1 N–H and O–H groups in total. The second kappa shape index (κ2) is 9.35. The Hall–Kier alpha value is -4.96. The zero-order valence-corrected chi connectivity index (χ0v) is 21.9. The number of hydrogen-bond donors (Lipinski definition) is 1. The van der Waals surface area contributed by atoms with Gasteiger partial charge in [0.15, 0.2) is 0 Å². The smallest absolute Gasteiger partial charge is 0.328 e. The molecule has 1 atom stereocenters. The molecular weight excluding hydrogens is 534 g/mol. The molecule has 0 radical (unpaired) electrons. The molecule has 1 fully saturated rings. The van der Waals surface area contributed by atoms with E-state index in [1.54, 1.807) is 10.9 Å². The molecule has 1 spiro atoms. The van der Waals surface area contributed by atoms with E-state index in [1.165, 1.54) is 25.2 Å². The number of halogens is 1. The predicted octanol–water partition coefficient (Wildman–Crippen LogP) is 3.91. The number of nitrogens with zero attached hydrogens (tertiary/aromatic N) is 5. The predicted molar refractivity (Wildman–Crippen MR) is 146 cm³/mol. The fraction of sp³-hybridized carbons (Fsp3) is 0.138. The molecule has 0 bridgehead atoms. The molecule has 11 heteroatoms. The Bertz CT molecular complexity index is 1690. The van der Waals surface area contributed by atoms with Crippen LogP contribution < -0.4 is 4.90 Å². The molecule has 6 rings (SSSR count). The lowest BCUT2D eigenvalue weighted by atomic mass is 9.90. The van der Waals surface area contributed by atoms with Crippen LogP contribution >= 0.6 is 11.6 Å². The van der Waals surface area contributed by atoms with Crippen molar-refractivity contribution in [1.82, 2.24) is 19.6 Å². The first-order valence-corrected chi connectivity index (χ1v) is 12.7. The van der Waals surface area contributed by atoms with Crippen molar-refractivity contribution < 1.29 is 24.3 Å². The number of carboxylic acid groups (broad SMARTS) is 1. The summed E-state index contributed by atoms with van der Waals surface area (Å²) in [6.45, 7) is -0.838. The summed E-state index contributed by atoms with van der Waals surface area (Å²) in [6.07, 6.45) is 1.75. The van der Waals surface area contributed by atoms with E-state index in [1.807, 2.05) is 60.7 Å². The van der Waals surface area contributed by atoms with Gasteiger partial charge in [0.05, 0.1) is 23.6 Å². The number of aromatic nitrogens is 2. The highest BCUT2D eigenvalue weighted by Crippen LogP contribution is 2.49. The molecule has 1 saturated heterocycles. The van der Waals surface area contributed by atoms with Gasteiger partial charge in [-0.3, -0.25) is 24.2 Å². The van der Waals surface area contributed by atoms with Gasteiger partial charge in [-0.05, 0) is 30.3 Å². The quantitative estimate of drug-likeness (QED) is 0.285. The number of benzene rings is 3. The molecule has 10 nitrogen and oxygen atoms in total. The molecule has 0 unspecified atom stereocenters. The number of fused-ring (bicyclic) bond motifs is 2. The number of anilines is 1. The summed E-state index contributed by atoms with van der Waals surface area (Å²) in [6, 6.07) is 22.5. The molecule has 3 heterocycles. The maximum Gasteiger partial charge on any atom is 0.328 e. The molecule has 0 saturated carbocycles. The van der Waals surface area contributed by atoms with Crippen molar-refractivity contribution in [2.75, 3.05) is 18.5 Å². The van der Waals surface area contributed by atoms with E-state index in [-0.39, 0.29) is 22.8 Å². The SMILES string of the molecule is CN1C(=O)N(Cc2cn(-c3ccccc3)nc2-c2ccccc2)C(=O)[C@@]12C(=O)N(CC(=O)O)c1ccc(Cl)cc12. The van der Waals surface area contributed by atoms with Crippen LogP contribution in [0.4, 0.5) is 10.5 Å². The van der Waals surface area contributed by atoms with Crippen LogP contribution in [0.1, 0.15) is 11.1 Å². The van der Waals surface area contributed by atoms with Crippen molar-refractivity contribution >= 4 is 41.1 Å². The van der Waals surface area contributed by atoms with Crippen molar-refractivity contribution in [2.45, 2.75) is 12.1 Å². The van der Waals surface area contributed by atoms with Crippen LogP contribution in [0.2, 0.25) is 5.02 Å². The van der Waals surface area contributed by atoms with Gasteiger partial charge in [-0.25, -0.2) is 9.48 Å². The average molecular weight is 556 g/mol. The Morgan fingerprint density at radius 2 is 1.57 bits per heavy atom. The maximum atomic E-state index is 14.2. The lowest BCUT2D eigenvalue weighted by molar-refractivity contribution is -0.143. The molecular formula is C29H22ClN5O5. The Morgan fingerprint density at radius 1 is 0.925 bits per heavy atom. The first-order chi connectivity index (χ1) is 19.2. The highest BCUT2D eigenvalue weighted by molar-refractivity contribution is 6.32. The van der Waals surface area contributed by atoms with E-state index in [2.05, 4.69) is 0 Å². The molecule has 4 aromatic rings. The Kier molecular flexibility index (Phi) is 5.92. The number of amides is 4. The van der Waals surface area contributed by atoms with E-state index < -0.39 is 35.9 Å². The van der Waals surface area contributed by atoms with Crippen LogP contribution in [0, 0.1) is 0 Å². The lowest BCUT2D eigenvalue weighted by Crippen LogP contribution is -2.53. The van der Waals surface area contributed by atoms with Gasteiger partial charge in [-0.1, -0.05) is 60.1 Å². The van der Waals surface area contributed by atoms with Crippen LogP contribution in [-0.2, 0) is 26.5 Å². The largest absolute Gasteiger partial charge is 0.480 e. The third-order valence-corrected chi connectivity index (χ3v) is 7.48. The van der Waals surface area contributed by atoms with Gasteiger partial charge < -0.3 is 10.0 Å². The minimum absolute atomic E-state index is 0.164. The van der Waals surface area contributed by atoms with E-state index in [4.69, 9.17) is 16.7 Å². The summed E-state index contributed by atoms with van der Waals surface area (Å²) in [5.41, 5.74) is 1.04. The minimum atomic E-state index is -2.07. The van der Waals surface area contributed by atoms with Gasteiger partial charge >= 0.3 is 12.0 Å². The van der Waals surface area contributed by atoms with Gasteiger partial charge in [0, 0.05) is 35.0 Å². The molecule has 200 valence electrons. The van der Waals surface area contributed by atoms with Crippen molar-refractivity contribution in [2.24, 2.45) is 0 Å². The number of aliphatic carboxylic acids is 1. The van der Waals surface area contributed by atoms with E-state index in [9.17, 15) is 24.3 Å². The molecule has 0 aliphatic carbocycles. The summed E-state index contributed by atoms with van der Waals surface area (Å²) in [5.74, 6) is -2.87. The first-order valence-electron chi connectivity index (χ1n) is 12.4. The number of carbonyl (C=O) groups excluding carboxylic acids is 3. The van der Waals surface area contributed by atoms with Gasteiger partial charge in [0.25, 0.3) is 11.8 Å². The van der Waals surface area contributed by atoms with Crippen LogP contribution in [0.15, 0.2) is 85.1 Å². The van der Waals surface area contributed by atoms with Gasteiger partial charge in [-0.15, -0.1) is 0 Å². The van der Waals surface area contributed by atoms with Crippen LogP contribution in [0.3, 0.4) is 0 Å². The zero-order valence-electron chi connectivity index (χ0n) is 21.2. The number of urea groups is 1. The summed E-state index contributed by atoms with van der Waals surface area (Å²) in [4.78, 5) is 56.4. The molecule has 2 aliphatic rings. The summed E-state index contributed by atoms with van der Waals surface area (Å²) in [7, 11) is 1.36. The molecule has 4 amide bonds. The molecule has 40 heavy (non-hydrogen) atoms. The number of imide groups is 1. The normalized spacial score (nSPS) is 18.2. The van der Waals surface area contributed by atoms with Crippen LogP contribution in [0.5, 0.6) is 0 Å². The van der Waals surface area contributed by atoms with Gasteiger partial charge in [-0.2, -0.15) is 5.10 Å². The second-order valence-corrected chi connectivity index (χ2v) is 9.98. The number of carboxylic acids is 1. The van der Waals surface area contributed by atoms with Crippen LogP contribution in [0.25, 0.3) is 16.9 Å². The molecule has 1 aromatic heterocycles. The molecule has 2 aliphatic heterocycles. The Labute approximate surface area is 233 Å². The highest BCUT2D eigenvalue weighted by atomic mass is 35.5. The fourth-order valence-electron chi connectivity index (χ4n) is 5.41. The standard InChI is InChI=1S/C29H22ClN5O5/c1-32-28(40)34(27(39)29(32)22-14-20(30)12-13-23(22)33(26(29)38)17-24(36)37)15-19-16-35(21-10-6-3-7-11-21)31-25(19)18-8-4-2-5-9-18/h2-14,16H,15,17H2,1H3,(H,36,37)/t29-/m1/s1. The van der Waals surface area contributed by atoms with Gasteiger partial charge in [0.1, 0.15) is 6.54 Å². The number of para-hydroxylation sites is 1. The first kappa shape index (κ1) is 25.3. The number of rotatable bonds is 6. The second-order valence-electron chi connectivity index (χ2n) is 9.54. The monoisotopic (exact) mass is 555 g/mol. The van der Waals surface area contributed by atoms with E-state index in [0.29, 0.717) is 11.3 Å². The number of likely N-dealkylation sites (N-methyl/N-ethyl adjacent to an activating group) is 1. The topological polar surface area (TPSA) is 116 Å². The van der Waals surface area contributed by atoms with Crippen molar-refractivity contribution in [1.29, 1.82) is 0 Å². The lowest BCUT2D eigenvalue weighted by Gasteiger charge is -2.27. The summed E-state index contributed by atoms with van der Waals surface area (Å²) in [5, 5.41) is 14.5. The highest BCUT2D eigenvalue weighted by Gasteiger charge is 2.67. The maximum absolute atomic E-state index is 14.2. The number of carbonyl (C=O) groups is 4. The fourth-order valence-corrected chi connectivity index (χ4v) is 5.59. The van der Waals surface area contributed by atoms with Crippen molar-refractivity contribution in [3.8, 4) is 16.9 Å². The Morgan fingerprint density at radius 3 is 2.25 bits per heavy atom. The third kappa shape index (κ3) is 3.68. The van der Waals surface area contributed by atoms with Gasteiger partial charge in [0.2, 0.25) is 5.54 Å². The number of hydrogen-bond acceptors (Lipinski definition) is 5. The van der Waals surface area contributed by atoms with E-state index in [0.717, 1.165) is 26.0 Å². The third-order valence-electron chi connectivity index (χ3n) is 7.25. The zero-order chi connectivity index (χ0) is 28.2. The van der Waals surface area contributed by atoms with E-state index >= 15 is 0 Å². The van der Waals surface area contributed by atoms with Crippen molar-refractivity contribution in [3.05, 3.63) is 101 Å². The summed E-state index contributed by atoms with van der Waals surface area (Å²) >= 11 is 6.25. The van der Waals surface area contributed by atoms with Crippen LogP contribution in [-0.4, -0.2) is 62.1 Å². The van der Waals surface area contributed by atoms with Crippen molar-refractivity contribution in [3.63, 3.8) is 0 Å². The Balaban J connectivity index is 1.45. The molecule has 3 aromatic carbocycles. The minimum Gasteiger partial charge on any atom is -0.480 e.